The van der Waals surface area contributed by atoms with Crippen molar-refractivity contribution >= 4 is 5.97 Å². The van der Waals surface area contributed by atoms with E-state index < -0.39 is 0 Å². The molecule has 2 heteroatoms. The number of esters is 1. The Morgan fingerprint density at radius 2 is 2.15 bits per heavy atom. The Bertz CT molecular complexity index is 228. The summed E-state index contributed by atoms with van der Waals surface area (Å²) in [5.41, 5.74) is 0.0290. The van der Waals surface area contributed by atoms with Gasteiger partial charge in [-0.2, -0.15) is 0 Å². The van der Waals surface area contributed by atoms with Crippen molar-refractivity contribution in [2.75, 3.05) is 7.11 Å². The fourth-order valence-corrected chi connectivity index (χ4v) is 2.20. The Kier molecular flexibility index (Phi) is 2.79. The maximum Gasteiger partial charge on any atom is 0.309 e. The quantitative estimate of drug-likeness (QED) is 0.460. The molecule has 0 N–H and O–H groups in total. The largest absolute Gasteiger partial charge is 0.469 e. The van der Waals surface area contributed by atoms with E-state index in [0.29, 0.717) is 0 Å². The van der Waals surface area contributed by atoms with E-state index in [9.17, 15) is 4.79 Å². The molecule has 0 aliphatic heterocycles. The maximum absolute atomic E-state index is 11.5. The smallest absolute Gasteiger partial charge is 0.309 e. The summed E-state index contributed by atoms with van der Waals surface area (Å²) in [5.74, 6) is 0.209. The van der Waals surface area contributed by atoms with Crippen LogP contribution in [-0.2, 0) is 9.53 Å². The Hall–Kier alpha value is -0.790. The number of rotatable bonds is 1. The molecule has 2 nitrogen and oxygen atoms in total. The third kappa shape index (κ3) is 1.93. The van der Waals surface area contributed by atoms with Crippen LogP contribution in [0.25, 0.3) is 0 Å². The predicted octanol–water partition coefficient (Wildman–Crippen LogP) is 2.40. The molecule has 1 aliphatic carbocycles. The molecule has 1 aliphatic rings. The molecule has 0 unspecified atom stereocenters. The van der Waals surface area contributed by atoms with Gasteiger partial charge in [0.1, 0.15) is 0 Å². The van der Waals surface area contributed by atoms with Crippen molar-refractivity contribution in [3.8, 4) is 0 Å². The summed E-state index contributed by atoms with van der Waals surface area (Å²) in [6.45, 7) is 6.31. The third-order valence-corrected chi connectivity index (χ3v) is 2.91. The molecule has 0 fully saturated rings. The zero-order valence-electron chi connectivity index (χ0n) is 8.83. The van der Waals surface area contributed by atoms with Gasteiger partial charge in [-0.1, -0.05) is 32.9 Å². The minimum absolute atomic E-state index is 0.00231. The lowest BCUT2D eigenvalue weighted by Crippen LogP contribution is -2.37. The van der Waals surface area contributed by atoms with Crippen LogP contribution in [0, 0.1) is 17.3 Å². The fraction of sp³-hybridized carbons (Fsp3) is 0.727. The molecule has 1 rings (SSSR count). The highest BCUT2D eigenvalue weighted by Gasteiger charge is 2.40. The van der Waals surface area contributed by atoms with Crippen LogP contribution in [0.5, 0.6) is 0 Å². The molecule has 0 heterocycles. The van der Waals surface area contributed by atoms with Gasteiger partial charge >= 0.3 is 5.97 Å². The van der Waals surface area contributed by atoms with Crippen molar-refractivity contribution in [2.24, 2.45) is 17.3 Å². The van der Waals surface area contributed by atoms with E-state index in [1.165, 1.54) is 7.11 Å². The number of methoxy groups -OCH3 is 1. The van der Waals surface area contributed by atoms with Crippen LogP contribution in [0.15, 0.2) is 12.2 Å². The van der Waals surface area contributed by atoms with E-state index in [2.05, 4.69) is 32.9 Å². The highest BCUT2D eigenvalue weighted by molar-refractivity contribution is 5.74. The van der Waals surface area contributed by atoms with Crippen molar-refractivity contribution in [3.63, 3.8) is 0 Å². The monoisotopic (exact) mass is 182 g/mol. The van der Waals surface area contributed by atoms with Gasteiger partial charge in [-0.05, 0) is 17.8 Å². The molecule has 0 aromatic rings. The molecule has 0 amide bonds. The Morgan fingerprint density at radius 3 is 2.62 bits per heavy atom. The second kappa shape index (κ2) is 3.52. The van der Waals surface area contributed by atoms with Crippen molar-refractivity contribution < 1.29 is 9.53 Å². The minimum Gasteiger partial charge on any atom is -0.469 e. The SMILES string of the molecule is COC(=O)[C@H]1[C@H](C)C=CCC1(C)C. The van der Waals surface area contributed by atoms with Crippen LogP contribution >= 0.6 is 0 Å². The highest BCUT2D eigenvalue weighted by Crippen LogP contribution is 2.40. The Labute approximate surface area is 80.0 Å². The maximum atomic E-state index is 11.5. The number of hydrogen-bond acceptors (Lipinski definition) is 2. The lowest BCUT2D eigenvalue weighted by molar-refractivity contribution is -0.151. The lowest BCUT2D eigenvalue weighted by atomic mass is 9.67. The van der Waals surface area contributed by atoms with Crippen LogP contribution < -0.4 is 0 Å². The summed E-state index contributed by atoms with van der Waals surface area (Å²) < 4.78 is 4.82. The number of allylic oxidation sites excluding steroid dienone is 2. The second-order valence-electron chi connectivity index (χ2n) is 4.48. The Morgan fingerprint density at radius 1 is 1.54 bits per heavy atom. The van der Waals surface area contributed by atoms with E-state index in [1.54, 1.807) is 0 Å². The van der Waals surface area contributed by atoms with Gasteiger partial charge < -0.3 is 4.74 Å². The van der Waals surface area contributed by atoms with E-state index in [4.69, 9.17) is 4.74 Å². The molecule has 74 valence electrons. The first-order valence-electron chi connectivity index (χ1n) is 4.73. The van der Waals surface area contributed by atoms with Gasteiger partial charge in [0.15, 0.2) is 0 Å². The molecule has 2 atom stereocenters. The highest BCUT2D eigenvalue weighted by atomic mass is 16.5. The van der Waals surface area contributed by atoms with E-state index >= 15 is 0 Å². The van der Waals surface area contributed by atoms with Crippen LogP contribution in [0.1, 0.15) is 27.2 Å². The lowest BCUT2D eigenvalue weighted by Gasteiger charge is -2.37. The standard InChI is InChI=1S/C11H18O2/c1-8-6-5-7-11(2,3)9(8)10(12)13-4/h5-6,8-9H,7H2,1-4H3/t8-,9-/m1/s1. The van der Waals surface area contributed by atoms with Gasteiger partial charge in [0, 0.05) is 0 Å². The fourth-order valence-electron chi connectivity index (χ4n) is 2.20. The molecule has 0 bridgehead atoms. The van der Waals surface area contributed by atoms with Crippen molar-refractivity contribution in [2.45, 2.75) is 27.2 Å². The van der Waals surface area contributed by atoms with Crippen LogP contribution in [0.4, 0.5) is 0 Å². The summed E-state index contributed by atoms with van der Waals surface area (Å²) in [5, 5.41) is 0. The van der Waals surface area contributed by atoms with Crippen LogP contribution in [0.2, 0.25) is 0 Å². The summed E-state index contributed by atoms with van der Waals surface area (Å²) in [4.78, 5) is 11.5. The van der Waals surface area contributed by atoms with Crippen molar-refractivity contribution in [3.05, 3.63) is 12.2 Å². The molecule has 13 heavy (non-hydrogen) atoms. The van der Waals surface area contributed by atoms with Gasteiger partial charge in [-0.15, -0.1) is 0 Å². The first-order chi connectivity index (χ1) is 5.99. The van der Waals surface area contributed by atoms with Gasteiger partial charge in [-0.25, -0.2) is 0 Å². The summed E-state index contributed by atoms with van der Waals surface area (Å²) >= 11 is 0. The molecule has 0 aromatic carbocycles. The zero-order valence-corrected chi connectivity index (χ0v) is 8.83. The van der Waals surface area contributed by atoms with Crippen molar-refractivity contribution in [1.82, 2.24) is 0 Å². The zero-order chi connectivity index (χ0) is 10.1. The third-order valence-electron chi connectivity index (χ3n) is 2.91. The average molecular weight is 182 g/mol. The van der Waals surface area contributed by atoms with Crippen molar-refractivity contribution in [1.29, 1.82) is 0 Å². The van der Waals surface area contributed by atoms with Gasteiger partial charge in [0.05, 0.1) is 13.0 Å². The van der Waals surface area contributed by atoms with Gasteiger partial charge in [0.2, 0.25) is 0 Å². The topological polar surface area (TPSA) is 26.3 Å². The first-order valence-corrected chi connectivity index (χ1v) is 4.73. The molecule has 0 saturated heterocycles. The summed E-state index contributed by atoms with van der Waals surface area (Å²) in [7, 11) is 1.46. The predicted molar refractivity (Wildman–Crippen MR) is 52.2 cm³/mol. The average Bonchev–Trinajstić information content (AvgIpc) is 2.02. The van der Waals surface area contributed by atoms with E-state index in [0.717, 1.165) is 6.42 Å². The van der Waals surface area contributed by atoms with Crippen LogP contribution in [0.3, 0.4) is 0 Å². The Balaban J connectivity index is 2.90. The van der Waals surface area contributed by atoms with E-state index in [1.807, 2.05) is 0 Å². The minimum atomic E-state index is -0.0816. The van der Waals surface area contributed by atoms with Gasteiger partial charge in [0.25, 0.3) is 0 Å². The van der Waals surface area contributed by atoms with Crippen LogP contribution in [-0.4, -0.2) is 13.1 Å². The second-order valence-corrected chi connectivity index (χ2v) is 4.48. The molecular weight excluding hydrogens is 164 g/mol. The number of carbonyl (C=O) groups excluding carboxylic acids is 1. The number of ether oxygens (including phenoxy) is 1. The number of hydrogen-bond donors (Lipinski definition) is 0. The van der Waals surface area contributed by atoms with Gasteiger partial charge in [-0.3, -0.25) is 4.79 Å². The first kappa shape index (κ1) is 10.3. The molecule has 0 saturated carbocycles. The summed E-state index contributed by atoms with van der Waals surface area (Å²) in [6.07, 6.45) is 5.22. The van der Waals surface area contributed by atoms with E-state index in [-0.39, 0.29) is 23.2 Å². The molecule has 0 spiro atoms. The molecular formula is C11H18O2. The molecule has 0 radical (unpaired) electrons. The summed E-state index contributed by atoms with van der Waals surface area (Å²) in [6, 6.07) is 0. The molecule has 0 aromatic heterocycles. The number of carbonyl (C=O) groups is 1. The normalized spacial score (nSPS) is 31.4.